The lowest BCUT2D eigenvalue weighted by Gasteiger charge is -2.30. The van der Waals surface area contributed by atoms with E-state index in [1.807, 2.05) is 0 Å². The average molecular weight is 256 g/mol. The van der Waals surface area contributed by atoms with Gasteiger partial charge in [-0.2, -0.15) is 0 Å². The molecule has 0 unspecified atom stereocenters. The van der Waals surface area contributed by atoms with Crippen LogP contribution < -0.4 is 0 Å². The van der Waals surface area contributed by atoms with E-state index >= 15 is 0 Å². The molecule has 0 rings (SSSR count). The summed E-state index contributed by atoms with van der Waals surface area (Å²) in [4.78, 5) is 0. The zero-order valence-electron chi connectivity index (χ0n) is 13.4. The summed E-state index contributed by atoms with van der Waals surface area (Å²) >= 11 is 0. The first-order chi connectivity index (χ1) is 8.74. The SMILES string of the molecule is CCCCCCCCOCCC(CC)(CC)CC. The van der Waals surface area contributed by atoms with Crippen molar-refractivity contribution >= 4 is 0 Å². The predicted octanol–water partition coefficient (Wildman–Crippen LogP) is 5.97. The van der Waals surface area contributed by atoms with Gasteiger partial charge in [-0.25, -0.2) is 0 Å². The summed E-state index contributed by atoms with van der Waals surface area (Å²) in [5, 5.41) is 0. The maximum Gasteiger partial charge on any atom is 0.0471 e. The van der Waals surface area contributed by atoms with Crippen molar-refractivity contribution < 1.29 is 4.74 Å². The smallest absolute Gasteiger partial charge is 0.0471 e. The molecule has 0 heterocycles. The van der Waals surface area contributed by atoms with Gasteiger partial charge in [-0.1, -0.05) is 79.1 Å². The fraction of sp³-hybridized carbons (Fsp3) is 1.00. The van der Waals surface area contributed by atoms with Crippen molar-refractivity contribution in [2.45, 2.75) is 91.9 Å². The number of hydrogen-bond donors (Lipinski definition) is 0. The normalized spacial score (nSPS) is 12.0. The van der Waals surface area contributed by atoms with E-state index in [9.17, 15) is 0 Å². The molecule has 0 atom stereocenters. The molecule has 110 valence electrons. The number of unbranched alkanes of at least 4 members (excludes halogenated alkanes) is 5. The second-order valence-corrected chi connectivity index (χ2v) is 5.69. The molecule has 1 heteroatoms. The van der Waals surface area contributed by atoms with E-state index in [1.165, 1.54) is 64.2 Å². The molecule has 1 nitrogen and oxygen atoms in total. The summed E-state index contributed by atoms with van der Waals surface area (Å²) in [5.41, 5.74) is 0.543. The largest absolute Gasteiger partial charge is 0.381 e. The molecule has 0 aromatic rings. The van der Waals surface area contributed by atoms with Gasteiger partial charge in [-0.3, -0.25) is 0 Å². The minimum absolute atomic E-state index is 0.543. The zero-order valence-corrected chi connectivity index (χ0v) is 13.4. The van der Waals surface area contributed by atoms with Gasteiger partial charge in [0, 0.05) is 13.2 Å². The minimum Gasteiger partial charge on any atom is -0.381 e. The summed E-state index contributed by atoms with van der Waals surface area (Å²) in [6, 6.07) is 0. The van der Waals surface area contributed by atoms with Crippen molar-refractivity contribution in [2.75, 3.05) is 13.2 Å². The van der Waals surface area contributed by atoms with Gasteiger partial charge in [-0.05, 0) is 18.3 Å². The molecule has 0 aliphatic heterocycles. The summed E-state index contributed by atoms with van der Waals surface area (Å²) in [7, 11) is 0. The van der Waals surface area contributed by atoms with Gasteiger partial charge >= 0.3 is 0 Å². The van der Waals surface area contributed by atoms with Crippen LogP contribution in [0.5, 0.6) is 0 Å². The predicted molar refractivity (Wildman–Crippen MR) is 82.1 cm³/mol. The lowest BCUT2D eigenvalue weighted by Crippen LogP contribution is -2.20. The first-order valence-electron chi connectivity index (χ1n) is 8.32. The lowest BCUT2D eigenvalue weighted by atomic mass is 9.77. The van der Waals surface area contributed by atoms with Crippen LogP contribution in [0, 0.1) is 5.41 Å². The van der Waals surface area contributed by atoms with Gasteiger partial charge < -0.3 is 4.74 Å². The maximum atomic E-state index is 5.80. The molecule has 0 amide bonds. The van der Waals surface area contributed by atoms with Crippen LogP contribution >= 0.6 is 0 Å². The number of ether oxygens (including phenoxy) is 1. The zero-order chi connectivity index (χ0) is 13.7. The van der Waals surface area contributed by atoms with E-state index < -0.39 is 0 Å². The maximum absolute atomic E-state index is 5.80. The molecule has 0 aromatic carbocycles. The minimum atomic E-state index is 0.543. The third kappa shape index (κ3) is 8.13. The second kappa shape index (κ2) is 12.0. The molecule has 0 aliphatic carbocycles. The van der Waals surface area contributed by atoms with E-state index in [-0.39, 0.29) is 0 Å². The van der Waals surface area contributed by atoms with Crippen molar-refractivity contribution in [1.29, 1.82) is 0 Å². The Kier molecular flexibility index (Phi) is 12.0. The van der Waals surface area contributed by atoms with E-state index in [2.05, 4.69) is 27.7 Å². The van der Waals surface area contributed by atoms with Crippen LogP contribution in [0.25, 0.3) is 0 Å². The highest BCUT2D eigenvalue weighted by atomic mass is 16.5. The molecule has 0 aromatic heterocycles. The molecule has 0 radical (unpaired) electrons. The Morgan fingerprint density at radius 2 is 1.22 bits per heavy atom. The number of hydrogen-bond acceptors (Lipinski definition) is 1. The molecular formula is C17H36O. The number of rotatable bonds is 13. The fourth-order valence-electron chi connectivity index (χ4n) is 2.66. The molecule has 0 bridgehead atoms. The van der Waals surface area contributed by atoms with Crippen LogP contribution in [0.4, 0.5) is 0 Å². The average Bonchev–Trinajstić information content (AvgIpc) is 2.42. The second-order valence-electron chi connectivity index (χ2n) is 5.69. The van der Waals surface area contributed by atoms with Crippen molar-refractivity contribution in [1.82, 2.24) is 0 Å². The van der Waals surface area contributed by atoms with E-state index in [1.54, 1.807) is 0 Å². The van der Waals surface area contributed by atoms with Crippen LogP contribution in [0.1, 0.15) is 91.9 Å². The molecule has 18 heavy (non-hydrogen) atoms. The monoisotopic (exact) mass is 256 g/mol. The lowest BCUT2D eigenvalue weighted by molar-refractivity contribution is 0.0841. The summed E-state index contributed by atoms with van der Waals surface area (Å²) in [5.74, 6) is 0. The summed E-state index contributed by atoms with van der Waals surface area (Å²) < 4.78 is 5.80. The third-order valence-corrected chi connectivity index (χ3v) is 4.67. The summed E-state index contributed by atoms with van der Waals surface area (Å²) in [6.45, 7) is 11.2. The Hall–Kier alpha value is -0.0400. The van der Waals surface area contributed by atoms with Gasteiger partial charge in [0.15, 0.2) is 0 Å². The van der Waals surface area contributed by atoms with Crippen LogP contribution in [-0.4, -0.2) is 13.2 Å². The first-order valence-corrected chi connectivity index (χ1v) is 8.32. The van der Waals surface area contributed by atoms with Crippen molar-refractivity contribution in [3.8, 4) is 0 Å². The quantitative estimate of drug-likeness (QED) is 0.369. The van der Waals surface area contributed by atoms with Gasteiger partial charge in [-0.15, -0.1) is 0 Å². The Morgan fingerprint density at radius 3 is 1.78 bits per heavy atom. The molecule has 0 fully saturated rings. The van der Waals surface area contributed by atoms with E-state index in [0.717, 1.165) is 13.2 Å². The first kappa shape index (κ1) is 18.0. The topological polar surface area (TPSA) is 9.23 Å². The van der Waals surface area contributed by atoms with Crippen molar-refractivity contribution in [2.24, 2.45) is 5.41 Å². The van der Waals surface area contributed by atoms with E-state index in [4.69, 9.17) is 4.74 Å². The van der Waals surface area contributed by atoms with Crippen LogP contribution in [0.3, 0.4) is 0 Å². The van der Waals surface area contributed by atoms with E-state index in [0.29, 0.717) is 5.41 Å². The Morgan fingerprint density at radius 1 is 0.667 bits per heavy atom. The highest BCUT2D eigenvalue weighted by Gasteiger charge is 2.22. The molecule has 0 spiro atoms. The van der Waals surface area contributed by atoms with Crippen molar-refractivity contribution in [3.05, 3.63) is 0 Å². The molecular weight excluding hydrogens is 220 g/mol. The van der Waals surface area contributed by atoms with Crippen LogP contribution in [-0.2, 0) is 4.74 Å². The van der Waals surface area contributed by atoms with Crippen molar-refractivity contribution in [3.63, 3.8) is 0 Å². The Labute approximate surface area is 116 Å². The highest BCUT2D eigenvalue weighted by Crippen LogP contribution is 2.34. The standard InChI is InChI=1S/C17H36O/c1-5-9-10-11-12-13-15-18-16-14-17(6-2,7-3)8-4/h5-16H2,1-4H3. The van der Waals surface area contributed by atoms with Crippen LogP contribution in [0.15, 0.2) is 0 Å². The third-order valence-electron chi connectivity index (χ3n) is 4.67. The molecule has 0 N–H and O–H groups in total. The Bertz CT molecular complexity index is 153. The van der Waals surface area contributed by atoms with Gasteiger partial charge in [0.2, 0.25) is 0 Å². The van der Waals surface area contributed by atoms with Gasteiger partial charge in [0.1, 0.15) is 0 Å². The van der Waals surface area contributed by atoms with Crippen LogP contribution in [0.2, 0.25) is 0 Å². The summed E-state index contributed by atoms with van der Waals surface area (Å²) in [6.07, 6.45) is 13.2. The Balaban J connectivity index is 3.38. The van der Waals surface area contributed by atoms with Gasteiger partial charge in [0.25, 0.3) is 0 Å². The highest BCUT2D eigenvalue weighted by molar-refractivity contribution is 4.74. The fourth-order valence-corrected chi connectivity index (χ4v) is 2.66. The molecule has 0 saturated carbocycles. The molecule has 0 saturated heterocycles. The van der Waals surface area contributed by atoms with Gasteiger partial charge in [0.05, 0.1) is 0 Å². The molecule has 0 aliphatic rings.